The van der Waals surface area contributed by atoms with Crippen molar-refractivity contribution in [3.05, 3.63) is 35.4 Å². The molecule has 1 atom stereocenters. The lowest BCUT2D eigenvalue weighted by Gasteiger charge is -2.21. The summed E-state index contributed by atoms with van der Waals surface area (Å²) >= 11 is 0. The first kappa shape index (κ1) is 22.4. The van der Waals surface area contributed by atoms with Gasteiger partial charge in [0.15, 0.2) is 0 Å². The Morgan fingerprint density at radius 1 is 1.00 bits per heavy atom. The van der Waals surface area contributed by atoms with Crippen LogP contribution in [0.25, 0.3) is 0 Å². The van der Waals surface area contributed by atoms with Crippen LogP contribution in [0.15, 0.2) is 24.3 Å². The maximum absolute atomic E-state index is 12.6. The SMILES string of the molecule is CCCCC(CC)COC(=O)c1ccccc1C(=O)OCCC1CCCCC1. The first-order valence-corrected chi connectivity index (χ1v) is 11.1. The molecule has 1 aromatic rings. The maximum Gasteiger partial charge on any atom is 0.339 e. The highest BCUT2D eigenvalue weighted by Gasteiger charge is 2.21. The first-order chi connectivity index (χ1) is 13.7. The van der Waals surface area contributed by atoms with Crippen molar-refractivity contribution in [2.45, 2.75) is 78.1 Å². The molecule has 1 aliphatic rings. The maximum atomic E-state index is 12.6. The molecule has 28 heavy (non-hydrogen) atoms. The van der Waals surface area contributed by atoms with Crippen LogP contribution >= 0.6 is 0 Å². The minimum Gasteiger partial charge on any atom is -0.462 e. The normalized spacial score (nSPS) is 15.8. The van der Waals surface area contributed by atoms with E-state index in [1.165, 1.54) is 32.1 Å². The van der Waals surface area contributed by atoms with Crippen LogP contribution in [0.1, 0.15) is 98.8 Å². The smallest absolute Gasteiger partial charge is 0.339 e. The monoisotopic (exact) mass is 388 g/mol. The van der Waals surface area contributed by atoms with E-state index in [2.05, 4.69) is 13.8 Å². The standard InChI is InChI=1S/C24H36O4/c1-3-5-11-19(4-2)18-28-24(26)22-15-10-9-14-21(22)23(25)27-17-16-20-12-7-6-8-13-20/h9-10,14-15,19-20H,3-8,11-13,16-18H2,1-2H3. The summed E-state index contributed by atoms with van der Waals surface area (Å²) in [5.74, 6) is 0.172. The van der Waals surface area contributed by atoms with Gasteiger partial charge < -0.3 is 9.47 Å². The van der Waals surface area contributed by atoms with E-state index in [9.17, 15) is 9.59 Å². The fourth-order valence-corrected chi connectivity index (χ4v) is 3.88. The second kappa shape index (κ2) is 12.6. The van der Waals surface area contributed by atoms with Crippen molar-refractivity contribution in [3.63, 3.8) is 0 Å². The third-order valence-corrected chi connectivity index (χ3v) is 5.84. The minimum absolute atomic E-state index is 0.301. The van der Waals surface area contributed by atoms with Gasteiger partial charge in [0.05, 0.1) is 24.3 Å². The second-order valence-corrected chi connectivity index (χ2v) is 7.99. The van der Waals surface area contributed by atoms with E-state index >= 15 is 0 Å². The van der Waals surface area contributed by atoms with Crippen molar-refractivity contribution in [1.82, 2.24) is 0 Å². The van der Waals surface area contributed by atoms with E-state index in [0.717, 1.165) is 32.1 Å². The highest BCUT2D eigenvalue weighted by Crippen LogP contribution is 2.26. The Morgan fingerprint density at radius 2 is 1.64 bits per heavy atom. The van der Waals surface area contributed by atoms with Crippen LogP contribution in [0.5, 0.6) is 0 Å². The van der Waals surface area contributed by atoms with Gasteiger partial charge in [0.25, 0.3) is 0 Å². The van der Waals surface area contributed by atoms with Crippen LogP contribution in [0.4, 0.5) is 0 Å². The zero-order valence-corrected chi connectivity index (χ0v) is 17.6. The van der Waals surface area contributed by atoms with Gasteiger partial charge in [-0.05, 0) is 36.8 Å². The number of rotatable bonds is 11. The summed E-state index contributed by atoms with van der Waals surface area (Å²) in [6.07, 6.45) is 11.6. The molecule has 1 fully saturated rings. The van der Waals surface area contributed by atoms with E-state index in [1.807, 2.05) is 0 Å². The van der Waals surface area contributed by atoms with Crippen molar-refractivity contribution >= 4 is 11.9 Å². The fraction of sp³-hybridized carbons (Fsp3) is 0.667. The van der Waals surface area contributed by atoms with Gasteiger partial charge in [-0.25, -0.2) is 9.59 Å². The molecule has 0 aliphatic heterocycles. The fourth-order valence-electron chi connectivity index (χ4n) is 3.88. The molecule has 1 saturated carbocycles. The lowest BCUT2D eigenvalue weighted by atomic mass is 9.87. The molecule has 0 radical (unpaired) electrons. The first-order valence-electron chi connectivity index (χ1n) is 11.1. The van der Waals surface area contributed by atoms with E-state index < -0.39 is 11.9 Å². The Hall–Kier alpha value is -1.84. The van der Waals surface area contributed by atoms with Crippen molar-refractivity contribution in [2.75, 3.05) is 13.2 Å². The van der Waals surface area contributed by atoms with Crippen LogP contribution in [-0.4, -0.2) is 25.2 Å². The van der Waals surface area contributed by atoms with Crippen LogP contribution in [-0.2, 0) is 9.47 Å². The topological polar surface area (TPSA) is 52.6 Å². The molecule has 0 amide bonds. The largest absolute Gasteiger partial charge is 0.462 e. The zero-order chi connectivity index (χ0) is 20.2. The zero-order valence-electron chi connectivity index (χ0n) is 17.6. The Bertz CT molecular complexity index is 604. The number of hydrogen-bond donors (Lipinski definition) is 0. The van der Waals surface area contributed by atoms with Crippen LogP contribution < -0.4 is 0 Å². The Balaban J connectivity index is 1.87. The Labute approximate surface area is 170 Å². The summed E-state index contributed by atoms with van der Waals surface area (Å²) in [7, 11) is 0. The summed E-state index contributed by atoms with van der Waals surface area (Å²) in [5, 5.41) is 0. The molecule has 0 saturated heterocycles. The molecule has 1 unspecified atom stereocenters. The number of carbonyl (C=O) groups is 2. The van der Waals surface area contributed by atoms with E-state index in [-0.39, 0.29) is 0 Å². The lowest BCUT2D eigenvalue weighted by Crippen LogP contribution is -2.18. The third-order valence-electron chi connectivity index (χ3n) is 5.84. The molecule has 0 spiro atoms. The molecule has 4 nitrogen and oxygen atoms in total. The second-order valence-electron chi connectivity index (χ2n) is 7.99. The molecule has 0 aromatic heterocycles. The predicted octanol–water partition coefficient (Wildman–Crippen LogP) is 6.19. The Kier molecular flexibility index (Phi) is 10.1. The molecule has 2 rings (SSSR count). The van der Waals surface area contributed by atoms with E-state index in [4.69, 9.17) is 9.47 Å². The van der Waals surface area contributed by atoms with Crippen LogP contribution in [0, 0.1) is 11.8 Å². The summed E-state index contributed by atoms with van der Waals surface area (Å²) in [5.41, 5.74) is 0.605. The van der Waals surface area contributed by atoms with Crippen molar-refractivity contribution in [1.29, 1.82) is 0 Å². The Morgan fingerprint density at radius 3 is 2.25 bits per heavy atom. The quantitative estimate of drug-likeness (QED) is 0.424. The molecule has 0 N–H and O–H groups in total. The molecular weight excluding hydrogens is 352 g/mol. The molecule has 1 aliphatic carbocycles. The van der Waals surface area contributed by atoms with Gasteiger partial charge in [-0.3, -0.25) is 0 Å². The number of hydrogen-bond acceptors (Lipinski definition) is 4. The van der Waals surface area contributed by atoms with Crippen LogP contribution in [0.3, 0.4) is 0 Å². The summed E-state index contributed by atoms with van der Waals surface area (Å²) in [6.45, 7) is 5.10. The number of unbranched alkanes of at least 4 members (excludes halogenated alkanes) is 1. The highest BCUT2D eigenvalue weighted by molar-refractivity contribution is 6.03. The van der Waals surface area contributed by atoms with Crippen molar-refractivity contribution in [3.8, 4) is 0 Å². The molecule has 156 valence electrons. The average molecular weight is 389 g/mol. The van der Waals surface area contributed by atoms with Gasteiger partial charge in [0.1, 0.15) is 0 Å². The van der Waals surface area contributed by atoms with Gasteiger partial charge in [-0.15, -0.1) is 0 Å². The van der Waals surface area contributed by atoms with Gasteiger partial charge in [0, 0.05) is 0 Å². The van der Waals surface area contributed by atoms with Crippen molar-refractivity contribution < 1.29 is 19.1 Å². The minimum atomic E-state index is -0.435. The average Bonchev–Trinajstić information content (AvgIpc) is 2.74. The van der Waals surface area contributed by atoms with Gasteiger partial charge in [-0.2, -0.15) is 0 Å². The molecule has 4 heteroatoms. The van der Waals surface area contributed by atoms with Crippen molar-refractivity contribution in [2.24, 2.45) is 11.8 Å². The van der Waals surface area contributed by atoms with Gasteiger partial charge in [-0.1, -0.05) is 77.3 Å². The van der Waals surface area contributed by atoms with Gasteiger partial charge >= 0.3 is 11.9 Å². The van der Waals surface area contributed by atoms with Gasteiger partial charge in [0.2, 0.25) is 0 Å². The van der Waals surface area contributed by atoms with E-state index in [0.29, 0.717) is 36.2 Å². The van der Waals surface area contributed by atoms with Crippen LogP contribution in [0.2, 0.25) is 0 Å². The molecule has 0 heterocycles. The number of ether oxygens (including phenoxy) is 2. The summed E-state index contributed by atoms with van der Waals surface area (Å²) < 4.78 is 11.0. The number of carbonyl (C=O) groups excluding carboxylic acids is 2. The summed E-state index contributed by atoms with van der Waals surface area (Å²) in [4.78, 5) is 25.1. The number of benzene rings is 1. The lowest BCUT2D eigenvalue weighted by molar-refractivity contribution is 0.0399. The van der Waals surface area contributed by atoms with E-state index in [1.54, 1.807) is 24.3 Å². The third kappa shape index (κ3) is 7.29. The predicted molar refractivity (Wildman–Crippen MR) is 112 cm³/mol. The molecule has 1 aromatic carbocycles. The molecular formula is C24H36O4. The summed E-state index contributed by atoms with van der Waals surface area (Å²) in [6, 6.07) is 6.80. The number of esters is 2. The molecule has 0 bridgehead atoms. The highest BCUT2D eigenvalue weighted by atomic mass is 16.5.